The second kappa shape index (κ2) is 6.18. The van der Waals surface area contributed by atoms with E-state index in [2.05, 4.69) is 19.2 Å². The largest absolute Gasteiger partial charge is 0.351 e. The molecule has 100 valence electrons. The van der Waals surface area contributed by atoms with Gasteiger partial charge in [0.15, 0.2) is 0 Å². The van der Waals surface area contributed by atoms with Crippen LogP contribution in [-0.2, 0) is 6.54 Å². The highest BCUT2D eigenvalue weighted by Crippen LogP contribution is 2.18. The monoisotopic (exact) mass is 253 g/mol. The number of nitro groups is 1. The van der Waals surface area contributed by atoms with Crippen molar-refractivity contribution in [2.24, 2.45) is 5.92 Å². The molecule has 0 saturated carbocycles. The summed E-state index contributed by atoms with van der Waals surface area (Å²) in [5.74, 6) is 0.211. The molecule has 0 saturated heterocycles. The van der Waals surface area contributed by atoms with Crippen molar-refractivity contribution in [1.29, 1.82) is 0 Å². The minimum atomic E-state index is -0.478. The molecule has 1 aromatic rings. The van der Waals surface area contributed by atoms with Gasteiger partial charge in [-0.2, -0.15) is 0 Å². The molecule has 6 heteroatoms. The maximum atomic E-state index is 11.8. The van der Waals surface area contributed by atoms with Crippen LogP contribution in [0.5, 0.6) is 0 Å². The summed E-state index contributed by atoms with van der Waals surface area (Å²) in [5, 5.41) is 13.4. The van der Waals surface area contributed by atoms with Crippen LogP contribution in [0.3, 0.4) is 0 Å². The number of hydrogen-bond acceptors (Lipinski definition) is 3. The quantitative estimate of drug-likeness (QED) is 0.623. The van der Waals surface area contributed by atoms with Gasteiger partial charge in [-0.3, -0.25) is 14.9 Å². The van der Waals surface area contributed by atoms with Crippen molar-refractivity contribution in [2.75, 3.05) is 6.54 Å². The van der Waals surface area contributed by atoms with Crippen LogP contribution in [-0.4, -0.2) is 21.9 Å². The van der Waals surface area contributed by atoms with Gasteiger partial charge in [-0.15, -0.1) is 0 Å². The number of carbonyl (C=O) groups excluding carboxylic acids is 1. The van der Waals surface area contributed by atoms with Gasteiger partial charge in [-0.05, 0) is 19.3 Å². The van der Waals surface area contributed by atoms with Gasteiger partial charge >= 0.3 is 0 Å². The molecule has 6 nitrogen and oxygen atoms in total. The van der Waals surface area contributed by atoms with Crippen molar-refractivity contribution in [3.05, 3.63) is 28.1 Å². The lowest BCUT2D eigenvalue weighted by Crippen LogP contribution is -2.25. The average Bonchev–Trinajstić information content (AvgIpc) is 2.70. The maximum absolute atomic E-state index is 11.8. The number of carbonyl (C=O) groups is 1. The normalized spacial score (nSPS) is 10.7. The Morgan fingerprint density at radius 1 is 1.56 bits per heavy atom. The van der Waals surface area contributed by atoms with Gasteiger partial charge in [0.2, 0.25) is 0 Å². The summed E-state index contributed by atoms with van der Waals surface area (Å²) in [5.41, 5.74) is 0.309. The summed E-state index contributed by atoms with van der Waals surface area (Å²) in [6, 6.07) is 1.32. The number of aryl methyl sites for hydroxylation is 1. The summed E-state index contributed by atoms with van der Waals surface area (Å²) in [7, 11) is 0. The standard InChI is InChI=1S/C12H19N3O3/c1-4-13-12(16)11-7-10(15(17)18)8-14(11)6-5-9(2)3/h7-9H,4-6H2,1-3H3,(H,13,16). The van der Waals surface area contributed by atoms with Gasteiger partial charge in [0.25, 0.3) is 11.6 Å². The van der Waals surface area contributed by atoms with Gasteiger partial charge in [0.1, 0.15) is 5.69 Å². The molecule has 18 heavy (non-hydrogen) atoms. The summed E-state index contributed by atoms with van der Waals surface area (Å²) < 4.78 is 1.66. The molecule has 0 aliphatic heterocycles. The van der Waals surface area contributed by atoms with E-state index >= 15 is 0 Å². The first-order chi connectivity index (χ1) is 8.45. The van der Waals surface area contributed by atoms with Crippen LogP contribution in [0.2, 0.25) is 0 Å². The van der Waals surface area contributed by atoms with Crippen molar-refractivity contribution in [2.45, 2.75) is 33.7 Å². The van der Waals surface area contributed by atoms with Gasteiger partial charge < -0.3 is 9.88 Å². The fourth-order valence-electron chi connectivity index (χ4n) is 1.62. The van der Waals surface area contributed by atoms with Crippen LogP contribution < -0.4 is 5.32 Å². The Kier molecular flexibility index (Phi) is 4.88. The number of amides is 1. The lowest BCUT2D eigenvalue weighted by atomic mass is 10.1. The van der Waals surface area contributed by atoms with E-state index in [1.54, 1.807) is 4.57 Å². The first-order valence-corrected chi connectivity index (χ1v) is 6.08. The Hall–Kier alpha value is -1.85. The molecule has 1 rings (SSSR count). The molecule has 0 fully saturated rings. The Bertz CT molecular complexity index is 438. The summed E-state index contributed by atoms with van der Waals surface area (Å²) in [4.78, 5) is 22.1. The van der Waals surface area contributed by atoms with Crippen molar-refractivity contribution < 1.29 is 9.72 Å². The van der Waals surface area contributed by atoms with Crippen molar-refractivity contribution in [1.82, 2.24) is 9.88 Å². The molecule has 1 amide bonds. The number of aromatic nitrogens is 1. The van der Waals surface area contributed by atoms with Crippen LogP contribution in [0.4, 0.5) is 5.69 Å². The third kappa shape index (κ3) is 3.58. The molecule has 0 atom stereocenters. The highest BCUT2D eigenvalue weighted by atomic mass is 16.6. The number of rotatable bonds is 6. The maximum Gasteiger partial charge on any atom is 0.287 e. The zero-order chi connectivity index (χ0) is 13.7. The van der Waals surface area contributed by atoms with E-state index in [0.717, 1.165) is 6.42 Å². The zero-order valence-corrected chi connectivity index (χ0v) is 11.0. The van der Waals surface area contributed by atoms with Crippen LogP contribution in [0.25, 0.3) is 0 Å². The molecule has 1 heterocycles. The summed E-state index contributed by atoms with van der Waals surface area (Å²) in [6.45, 7) is 7.07. The molecule has 0 unspecified atom stereocenters. The Labute approximate surface area is 106 Å². The van der Waals surface area contributed by atoms with E-state index in [-0.39, 0.29) is 11.6 Å². The lowest BCUT2D eigenvalue weighted by Gasteiger charge is -2.09. The Balaban J connectivity index is 2.97. The molecule has 1 N–H and O–H groups in total. The number of nitrogens with one attached hydrogen (secondary N) is 1. The highest BCUT2D eigenvalue weighted by molar-refractivity contribution is 5.93. The summed E-state index contributed by atoms with van der Waals surface area (Å²) >= 11 is 0. The first kappa shape index (κ1) is 14.2. The molecule has 0 spiro atoms. The minimum absolute atomic E-state index is 0.0417. The lowest BCUT2D eigenvalue weighted by molar-refractivity contribution is -0.384. The average molecular weight is 253 g/mol. The van der Waals surface area contributed by atoms with Gasteiger partial charge in [-0.25, -0.2) is 0 Å². The SMILES string of the molecule is CCNC(=O)c1cc([N+](=O)[O-])cn1CCC(C)C. The smallest absolute Gasteiger partial charge is 0.287 e. The van der Waals surface area contributed by atoms with Crippen LogP contribution in [0.15, 0.2) is 12.3 Å². The van der Waals surface area contributed by atoms with E-state index in [4.69, 9.17) is 0 Å². The van der Waals surface area contributed by atoms with Crippen LogP contribution >= 0.6 is 0 Å². The minimum Gasteiger partial charge on any atom is -0.351 e. The van der Waals surface area contributed by atoms with Crippen molar-refractivity contribution in [3.8, 4) is 0 Å². The second-order valence-corrected chi connectivity index (χ2v) is 4.58. The third-order valence-electron chi connectivity index (χ3n) is 2.61. The first-order valence-electron chi connectivity index (χ1n) is 6.08. The van der Waals surface area contributed by atoms with E-state index in [9.17, 15) is 14.9 Å². The van der Waals surface area contributed by atoms with Crippen LogP contribution in [0.1, 0.15) is 37.7 Å². The van der Waals surface area contributed by atoms with E-state index in [1.807, 2.05) is 6.92 Å². The van der Waals surface area contributed by atoms with Gasteiger partial charge in [0, 0.05) is 19.2 Å². The van der Waals surface area contributed by atoms with Crippen LogP contribution in [0, 0.1) is 16.0 Å². The number of nitrogens with zero attached hydrogens (tertiary/aromatic N) is 2. The molecule has 0 aliphatic rings. The molecule has 1 aromatic heterocycles. The van der Waals surface area contributed by atoms with Gasteiger partial charge in [0.05, 0.1) is 11.1 Å². The predicted octanol–water partition coefficient (Wildman–Crippen LogP) is 2.19. The predicted molar refractivity (Wildman–Crippen MR) is 68.5 cm³/mol. The highest BCUT2D eigenvalue weighted by Gasteiger charge is 2.18. The topological polar surface area (TPSA) is 77.2 Å². The van der Waals surface area contributed by atoms with E-state index in [1.165, 1.54) is 12.3 Å². The van der Waals surface area contributed by atoms with Crippen molar-refractivity contribution >= 4 is 11.6 Å². The van der Waals surface area contributed by atoms with Gasteiger partial charge in [-0.1, -0.05) is 13.8 Å². The molecule has 0 bridgehead atoms. The Morgan fingerprint density at radius 3 is 2.72 bits per heavy atom. The molecular weight excluding hydrogens is 234 g/mol. The fourth-order valence-corrected chi connectivity index (χ4v) is 1.62. The van der Waals surface area contributed by atoms with Crippen molar-refractivity contribution in [3.63, 3.8) is 0 Å². The molecule has 0 aromatic carbocycles. The molecule has 0 aliphatic carbocycles. The second-order valence-electron chi connectivity index (χ2n) is 4.58. The zero-order valence-electron chi connectivity index (χ0n) is 11.0. The number of hydrogen-bond donors (Lipinski definition) is 1. The third-order valence-corrected chi connectivity index (χ3v) is 2.61. The summed E-state index contributed by atoms with van der Waals surface area (Å²) in [6.07, 6.45) is 2.30. The van der Waals surface area contributed by atoms with E-state index < -0.39 is 4.92 Å². The fraction of sp³-hybridized carbons (Fsp3) is 0.583. The molecule has 0 radical (unpaired) electrons. The van der Waals surface area contributed by atoms with E-state index in [0.29, 0.717) is 24.7 Å². The Morgan fingerprint density at radius 2 is 2.22 bits per heavy atom. The molecular formula is C12H19N3O3.